The summed E-state index contributed by atoms with van der Waals surface area (Å²) in [6, 6.07) is 21.7. The molecule has 3 unspecified atom stereocenters. The summed E-state index contributed by atoms with van der Waals surface area (Å²) in [4.78, 5) is 0. The maximum absolute atomic E-state index is 6.59. The first-order valence-corrected chi connectivity index (χ1v) is 11.3. The molecule has 158 valence electrons. The standard InChI is InChI=1S/C26H23Cl2NO2/c27-21-12-6-13-22(28)24(21)26-20-10-4-9-18(20)19-11-5-14-23(25(19)29-26)31-16-15-30-17-7-2-1-3-8-17/h1-9,11-14,18,20,26,29H,10,15-16H2. The minimum absolute atomic E-state index is 0.0130. The van der Waals surface area contributed by atoms with E-state index in [2.05, 4.69) is 29.6 Å². The zero-order valence-electron chi connectivity index (χ0n) is 16.9. The van der Waals surface area contributed by atoms with Crippen LogP contribution in [0.4, 0.5) is 5.69 Å². The molecule has 1 aliphatic carbocycles. The Bertz CT molecular complexity index is 1080. The smallest absolute Gasteiger partial charge is 0.142 e. The largest absolute Gasteiger partial charge is 0.490 e. The second kappa shape index (κ2) is 8.86. The molecule has 1 heterocycles. The number of ether oxygens (including phenoxy) is 2. The quantitative estimate of drug-likeness (QED) is 0.315. The molecule has 5 heteroatoms. The van der Waals surface area contributed by atoms with E-state index >= 15 is 0 Å². The van der Waals surface area contributed by atoms with Crippen LogP contribution in [-0.2, 0) is 0 Å². The van der Waals surface area contributed by atoms with Crippen molar-refractivity contribution in [1.82, 2.24) is 0 Å². The number of benzene rings is 3. The van der Waals surface area contributed by atoms with Gasteiger partial charge in [-0.25, -0.2) is 0 Å². The summed E-state index contributed by atoms with van der Waals surface area (Å²) in [6.45, 7) is 0.924. The van der Waals surface area contributed by atoms with Crippen LogP contribution in [0.1, 0.15) is 29.5 Å². The van der Waals surface area contributed by atoms with Gasteiger partial charge in [-0.15, -0.1) is 0 Å². The minimum Gasteiger partial charge on any atom is -0.490 e. The molecule has 0 saturated heterocycles. The lowest BCUT2D eigenvalue weighted by molar-refractivity contribution is 0.217. The monoisotopic (exact) mass is 451 g/mol. The predicted molar refractivity (Wildman–Crippen MR) is 127 cm³/mol. The van der Waals surface area contributed by atoms with Crippen LogP contribution in [0.5, 0.6) is 11.5 Å². The predicted octanol–water partition coefficient (Wildman–Crippen LogP) is 7.28. The maximum Gasteiger partial charge on any atom is 0.142 e. The highest BCUT2D eigenvalue weighted by molar-refractivity contribution is 6.36. The van der Waals surface area contributed by atoms with E-state index in [0.29, 0.717) is 35.1 Å². The van der Waals surface area contributed by atoms with E-state index < -0.39 is 0 Å². The van der Waals surface area contributed by atoms with Gasteiger partial charge in [-0.3, -0.25) is 0 Å². The SMILES string of the molecule is Clc1cccc(Cl)c1C1Nc2c(OCCOc3ccccc3)cccc2C2C=CCC21. The summed E-state index contributed by atoms with van der Waals surface area (Å²) in [7, 11) is 0. The molecule has 1 N–H and O–H groups in total. The third kappa shape index (κ3) is 4.00. The van der Waals surface area contributed by atoms with Crippen molar-refractivity contribution < 1.29 is 9.47 Å². The summed E-state index contributed by atoms with van der Waals surface area (Å²) in [5.74, 6) is 2.33. The highest BCUT2D eigenvalue weighted by atomic mass is 35.5. The Morgan fingerprint density at radius 3 is 2.39 bits per heavy atom. The first-order chi connectivity index (χ1) is 15.2. The lowest BCUT2D eigenvalue weighted by atomic mass is 9.77. The number of allylic oxidation sites excluding steroid dienone is 2. The van der Waals surface area contributed by atoms with Crippen molar-refractivity contribution in [3.05, 3.63) is 100 Å². The van der Waals surface area contributed by atoms with Gasteiger partial charge in [0.2, 0.25) is 0 Å². The number of rotatable bonds is 6. The molecule has 3 nitrogen and oxygen atoms in total. The molecule has 0 aromatic heterocycles. The van der Waals surface area contributed by atoms with Gasteiger partial charge in [-0.2, -0.15) is 0 Å². The molecule has 0 saturated carbocycles. The van der Waals surface area contributed by atoms with Gasteiger partial charge in [-0.05, 0) is 48.2 Å². The van der Waals surface area contributed by atoms with Crippen molar-refractivity contribution in [3.63, 3.8) is 0 Å². The molecule has 3 aromatic rings. The number of halogens is 2. The fourth-order valence-electron chi connectivity index (χ4n) is 4.63. The van der Waals surface area contributed by atoms with E-state index in [4.69, 9.17) is 32.7 Å². The van der Waals surface area contributed by atoms with Crippen LogP contribution < -0.4 is 14.8 Å². The highest BCUT2D eigenvalue weighted by Gasteiger charge is 2.40. The van der Waals surface area contributed by atoms with Crippen LogP contribution in [0, 0.1) is 5.92 Å². The highest BCUT2D eigenvalue weighted by Crippen LogP contribution is 2.53. The Morgan fingerprint density at radius 1 is 0.839 bits per heavy atom. The van der Waals surface area contributed by atoms with Gasteiger partial charge >= 0.3 is 0 Å². The summed E-state index contributed by atoms with van der Waals surface area (Å²) in [5, 5.41) is 5.10. The van der Waals surface area contributed by atoms with Crippen molar-refractivity contribution in [2.24, 2.45) is 5.92 Å². The van der Waals surface area contributed by atoms with Gasteiger partial charge < -0.3 is 14.8 Å². The summed E-state index contributed by atoms with van der Waals surface area (Å²) in [6.07, 6.45) is 5.54. The number of hydrogen-bond acceptors (Lipinski definition) is 3. The Balaban J connectivity index is 1.39. The van der Waals surface area contributed by atoms with Crippen LogP contribution in [0.2, 0.25) is 10.0 Å². The van der Waals surface area contributed by atoms with Gasteiger partial charge in [0.05, 0.1) is 11.7 Å². The molecule has 0 spiro atoms. The van der Waals surface area contributed by atoms with Crippen molar-refractivity contribution in [2.75, 3.05) is 18.5 Å². The molecular weight excluding hydrogens is 429 g/mol. The van der Waals surface area contributed by atoms with E-state index in [0.717, 1.165) is 29.2 Å². The molecule has 0 bridgehead atoms. The fourth-order valence-corrected chi connectivity index (χ4v) is 5.27. The van der Waals surface area contributed by atoms with Gasteiger partial charge in [0.25, 0.3) is 0 Å². The van der Waals surface area contributed by atoms with E-state index in [9.17, 15) is 0 Å². The summed E-state index contributed by atoms with van der Waals surface area (Å²) < 4.78 is 11.9. The second-order valence-electron chi connectivity index (χ2n) is 7.84. The molecule has 3 atom stereocenters. The number of para-hydroxylation sites is 2. The molecule has 0 amide bonds. The topological polar surface area (TPSA) is 30.5 Å². The zero-order valence-corrected chi connectivity index (χ0v) is 18.4. The second-order valence-corrected chi connectivity index (χ2v) is 8.66. The molecular formula is C26H23Cl2NO2. The van der Waals surface area contributed by atoms with Crippen molar-refractivity contribution in [1.29, 1.82) is 0 Å². The van der Waals surface area contributed by atoms with Crippen molar-refractivity contribution >= 4 is 28.9 Å². The maximum atomic E-state index is 6.59. The molecule has 1 aliphatic heterocycles. The Morgan fingerprint density at radius 2 is 1.58 bits per heavy atom. The molecule has 3 aromatic carbocycles. The first kappa shape index (κ1) is 20.3. The van der Waals surface area contributed by atoms with Crippen LogP contribution in [0.3, 0.4) is 0 Å². The average Bonchev–Trinajstić information content (AvgIpc) is 3.28. The van der Waals surface area contributed by atoms with Crippen molar-refractivity contribution in [2.45, 2.75) is 18.4 Å². The van der Waals surface area contributed by atoms with E-state index in [1.807, 2.05) is 54.6 Å². The molecule has 2 aliphatic rings. The third-order valence-electron chi connectivity index (χ3n) is 6.02. The molecule has 0 radical (unpaired) electrons. The summed E-state index contributed by atoms with van der Waals surface area (Å²) in [5.41, 5.74) is 3.22. The van der Waals surface area contributed by atoms with Crippen molar-refractivity contribution in [3.8, 4) is 11.5 Å². The zero-order chi connectivity index (χ0) is 21.2. The molecule has 5 rings (SSSR count). The molecule has 0 fully saturated rings. The van der Waals surface area contributed by atoms with Gasteiger partial charge in [0.1, 0.15) is 24.7 Å². The third-order valence-corrected chi connectivity index (χ3v) is 6.68. The van der Waals surface area contributed by atoms with E-state index in [1.165, 1.54) is 5.56 Å². The number of fused-ring (bicyclic) bond motifs is 3. The van der Waals surface area contributed by atoms with Crippen LogP contribution in [0.15, 0.2) is 78.9 Å². The number of nitrogens with one attached hydrogen (secondary N) is 1. The Kier molecular flexibility index (Phi) is 5.80. The van der Waals surface area contributed by atoms with Crippen LogP contribution in [-0.4, -0.2) is 13.2 Å². The molecule has 31 heavy (non-hydrogen) atoms. The van der Waals surface area contributed by atoms with Gasteiger partial charge in [0, 0.05) is 21.5 Å². The van der Waals surface area contributed by atoms with Crippen LogP contribution in [0.25, 0.3) is 0 Å². The van der Waals surface area contributed by atoms with Gasteiger partial charge in [-0.1, -0.05) is 71.8 Å². The van der Waals surface area contributed by atoms with Crippen LogP contribution >= 0.6 is 23.2 Å². The normalized spacial score (nSPS) is 21.2. The number of hydrogen-bond donors (Lipinski definition) is 1. The van der Waals surface area contributed by atoms with E-state index in [-0.39, 0.29) is 6.04 Å². The Hall–Kier alpha value is -2.62. The lowest BCUT2D eigenvalue weighted by Gasteiger charge is -2.38. The Labute approximate surface area is 192 Å². The fraction of sp³-hybridized carbons (Fsp3) is 0.231. The average molecular weight is 452 g/mol. The van der Waals surface area contributed by atoms with Gasteiger partial charge in [0.15, 0.2) is 0 Å². The first-order valence-electron chi connectivity index (χ1n) is 10.5. The minimum atomic E-state index is 0.0130. The van der Waals surface area contributed by atoms with E-state index in [1.54, 1.807) is 0 Å². The summed E-state index contributed by atoms with van der Waals surface area (Å²) >= 11 is 13.2. The lowest BCUT2D eigenvalue weighted by Crippen LogP contribution is -2.30. The number of anilines is 1.